The molecule has 0 saturated heterocycles. The van der Waals surface area contributed by atoms with E-state index in [2.05, 4.69) is 237 Å². The largest absolute Gasteiger partial charge is 0.248 e. The summed E-state index contributed by atoms with van der Waals surface area (Å²) in [5.41, 5.74) is 13.4. The van der Waals surface area contributed by atoms with Gasteiger partial charge in [0.05, 0.1) is 11.4 Å². The van der Waals surface area contributed by atoms with Crippen molar-refractivity contribution in [2.24, 2.45) is 0 Å². The van der Waals surface area contributed by atoms with Crippen molar-refractivity contribution in [2.45, 2.75) is 0 Å². The summed E-state index contributed by atoms with van der Waals surface area (Å²) in [5.74, 6) is 0. The Kier molecular flexibility index (Phi) is 8.57. The number of hydrogen-bond acceptors (Lipinski definition) is 1. The van der Waals surface area contributed by atoms with Crippen molar-refractivity contribution in [1.29, 1.82) is 0 Å². The maximum absolute atomic E-state index is 5.51. The molecule has 0 amide bonds. The summed E-state index contributed by atoms with van der Waals surface area (Å²) in [4.78, 5) is 5.51. The first-order valence-corrected chi connectivity index (χ1v) is 21.4. The minimum atomic E-state index is 0.926. The Bertz CT molecular complexity index is 3640. The molecule has 1 heteroatoms. The first kappa shape index (κ1) is 35.8. The van der Waals surface area contributed by atoms with Crippen molar-refractivity contribution in [3.63, 3.8) is 0 Å². The van der Waals surface area contributed by atoms with E-state index in [1.807, 2.05) is 0 Å². The van der Waals surface area contributed by atoms with E-state index in [1.165, 1.54) is 81.7 Å². The van der Waals surface area contributed by atoms with Crippen LogP contribution in [0.4, 0.5) is 0 Å². The molecule has 0 aliphatic carbocycles. The van der Waals surface area contributed by atoms with Gasteiger partial charge in [0.1, 0.15) is 0 Å². The number of aromatic nitrogens is 1. The number of pyridine rings is 1. The van der Waals surface area contributed by atoms with Crippen LogP contribution in [0.5, 0.6) is 0 Å². The monoisotopic (exact) mass is 785 g/mol. The molecule has 1 aromatic heterocycles. The fraction of sp³-hybridized carbons (Fsp3) is 0. The summed E-state index contributed by atoms with van der Waals surface area (Å²) in [6.07, 6.45) is 0. The average Bonchev–Trinajstić information content (AvgIpc) is 3.36. The SMILES string of the molecule is c1ccc(-c2cc(-c3ccccc3-c3ccccc3)cc(-c3cc(-c4ccc5c6ccccc6c6ccccc6c5c4)cc(-c4cc5ccccc5c5ccccc45)c3)n2)cc1. The highest BCUT2D eigenvalue weighted by Crippen LogP contribution is 2.43. The van der Waals surface area contributed by atoms with Crippen molar-refractivity contribution in [3.05, 3.63) is 237 Å². The molecule has 12 rings (SSSR count). The van der Waals surface area contributed by atoms with E-state index in [0.717, 1.165) is 39.2 Å². The normalized spacial score (nSPS) is 11.5. The summed E-state index contributed by atoms with van der Waals surface area (Å²) in [6, 6.07) is 86.2. The lowest BCUT2D eigenvalue weighted by atomic mass is 9.88. The number of benzene rings is 11. The van der Waals surface area contributed by atoms with Gasteiger partial charge in [-0.15, -0.1) is 0 Å². The molecule has 0 atom stereocenters. The lowest BCUT2D eigenvalue weighted by Crippen LogP contribution is -1.94. The van der Waals surface area contributed by atoms with Gasteiger partial charge in [0.2, 0.25) is 0 Å². The molecule has 1 nitrogen and oxygen atoms in total. The number of rotatable bonds is 6. The van der Waals surface area contributed by atoms with Crippen LogP contribution in [0.25, 0.3) is 121 Å². The Morgan fingerprint density at radius 2 is 0.629 bits per heavy atom. The molecule has 0 N–H and O–H groups in total. The summed E-state index contributed by atoms with van der Waals surface area (Å²) in [5, 5.41) is 12.6. The lowest BCUT2D eigenvalue weighted by molar-refractivity contribution is 1.32. The van der Waals surface area contributed by atoms with E-state index >= 15 is 0 Å². The van der Waals surface area contributed by atoms with Crippen LogP contribution in [-0.4, -0.2) is 4.98 Å². The molecule has 288 valence electrons. The molecule has 11 aromatic carbocycles. The van der Waals surface area contributed by atoms with Crippen LogP contribution in [0.15, 0.2) is 237 Å². The summed E-state index contributed by atoms with van der Waals surface area (Å²) in [7, 11) is 0. The van der Waals surface area contributed by atoms with Crippen molar-refractivity contribution < 1.29 is 0 Å². The van der Waals surface area contributed by atoms with Crippen molar-refractivity contribution in [3.8, 4) is 67.0 Å². The second-order valence-electron chi connectivity index (χ2n) is 16.2. The molecular weight excluding hydrogens is 747 g/mol. The van der Waals surface area contributed by atoms with Crippen LogP contribution in [-0.2, 0) is 0 Å². The highest BCUT2D eigenvalue weighted by Gasteiger charge is 2.17. The van der Waals surface area contributed by atoms with E-state index in [0.29, 0.717) is 0 Å². The van der Waals surface area contributed by atoms with Crippen LogP contribution < -0.4 is 0 Å². The minimum absolute atomic E-state index is 0.926. The minimum Gasteiger partial charge on any atom is -0.248 e. The van der Waals surface area contributed by atoms with E-state index in [4.69, 9.17) is 4.98 Å². The van der Waals surface area contributed by atoms with Gasteiger partial charge in [-0.2, -0.15) is 0 Å². The third kappa shape index (κ3) is 6.14. The number of nitrogens with zero attached hydrogens (tertiary/aromatic N) is 1. The third-order valence-corrected chi connectivity index (χ3v) is 12.6. The average molecular weight is 786 g/mol. The maximum atomic E-state index is 5.51. The first-order chi connectivity index (χ1) is 30.7. The molecule has 0 radical (unpaired) electrons. The maximum Gasteiger partial charge on any atom is 0.0716 e. The number of hydrogen-bond donors (Lipinski definition) is 0. The smallest absolute Gasteiger partial charge is 0.0716 e. The second kappa shape index (κ2) is 14.9. The lowest BCUT2D eigenvalue weighted by Gasteiger charge is -2.17. The zero-order valence-electron chi connectivity index (χ0n) is 34.0. The van der Waals surface area contributed by atoms with Crippen molar-refractivity contribution in [2.75, 3.05) is 0 Å². The Balaban J connectivity index is 1.14. The van der Waals surface area contributed by atoms with E-state index in [1.54, 1.807) is 0 Å². The van der Waals surface area contributed by atoms with Gasteiger partial charge in [-0.3, -0.25) is 0 Å². The molecular formula is C61H39N. The van der Waals surface area contributed by atoms with Crippen LogP contribution in [0, 0.1) is 0 Å². The van der Waals surface area contributed by atoms with E-state index < -0.39 is 0 Å². The first-order valence-electron chi connectivity index (χ1n) is 21.4. The van der Waals surface area contributed by atoms with E-state index in [-0.39, 0.29) is 0 Å². The van der Waals surface area contributed by atoms with Crippen LogP contribution in [0.3, 0.4) is 0 Å². The van der Waals surface area contributed by atoms with Crippen molar-refractivity contribution >= 4 is 53.9 Å². The zero-order valence-corrected chi connectivity index (χ0v) is 34.0. The Morgan fingerprint density at radius 3 is 1.29 bits per heavy atom. The molecule has 0 unspecified atom stereocenters. The Morgan fingerprint density at radius 1 is 0.194 bits per heavy atom. The summed E-state index contributed by atoms with van der Waals surface area (Å²) >= 11 is 0. The molecule has 0 bridgehead atoms. The predicted molar refractivity (Wildman–Crippen MR) is 264 cm³/mol. The van der Waals surface area contributed by atoms with Gasteiger partial charge in [-0.25, -0.2) is 4.98 Å². The zero-order chi connectivity index (χ0) is 41.0. The van der Waals surface area contributed by atoms with Gasteiger partial charge in [0.15, 0.2) is 0 Å². The highest BCUT2D eigenvalue weighted by molar-refractivity contribution is 6.26. The molecule has 0 spiro atoms. The summed E-state index contributed by atoms with van der Waals surface area (Å²) in [6.45, 7) is 0. The van der Waals surface area contributed by atoms with Crippen LogP contribution in [0.1, 0.15) is 0 Å². The molecule has 0 fully saturated rings. The van der Waals surface area contributed by atoms with Gasteiger partial charge >= 0.3 is 0 Å². The molecule has 12 aromatic rings. The fourth-order valence-electron chi connectivity index (χ4n) is 9.67. The Hall–Kier alpha value is -8.13. The van der Waals surface area contributed by atoms with Crippen LogP contribution >= 0.6 is 0 Å². The van der Waals surface area contributed by atoms with Crippen molar-refractivity contribution in [1.82, 2.24) is 4.98 Å². The van der Waals surface area contributed by atoms with Gasteiger partial charge < -0.3 is 0 Å². The molecule has 1 heterocycles. The van der Waals surface area contributed by atoms with Gasteiger partial charge in [0, 0.05) is 11.1 Å². The Labute approximate surface area is 360 Å². The van der Waals surface area contributed by atoms with Gasteiger partial charge in [-0.05, 0) is 141 Å². The topological polar surface area (TPSA) is 12.9 Å². The quantitative estimate of drug-likeness (QED) is 0.153. The van der Waals surface area contributed by atoms with E-state index in [9.17, 15) is 0 Å². The van der Waals surface area contributed by atoms with Crippen LogP contribution in [0.2, 0.25) is 0 Å². The molecule has 62 heavy (non-hydrogen) atoms. The van der Waals surface area contributed by atoms with Gasteiger partial charge in [-0.1, -0.05) is 194 Å². The third-order valence-electron chi connectivity index (χ3n) is 12.6. The number of fused-ring (bicyclic) bond motifs is 9. The highest BCUT2D eigenvalue weighted by atomic mass is 14.7. The summed E-state index contributed by atoms with van der Waals surface area (Å²) < 4.78 is 0. The fourth-order valence-corrected chi connectivity index (χ4v) is 9.67. The van der Waals surface area contributed by atoms with Gasteiger partial charge in [0.25, 0.3) is 0 Å². The molecule has 0 aliphatic heterocycles. The molecule has 0 saturated carbocycles. The molecule has 0 aliphatic rings. The predicted octanol–water partition coefficient (Wildman–Crippen LogP) is 16.8. The second-order valence-corrected chi connectivity index (χ2v) is 16.2. The standard InChI is InChI=1S/C61H39N/c1-3-17-40(18-4-1)48-22-9-10-24-50(48)46-38-60(41-19-5-2-6-20-41)62-61(39-46)47-34-44(33-45(35-47)58-37-43-21-7-8-23-49(43)51-25-11-15-29-55(51)58)42-31-32-57-54-28-13-12-26-52(54)53-27-14-16-30-56(53)59(57)36-42/h1-39H.